The van der Waals surface area contributed by atoms with Crippen molar-refractivity contribution in [3.05, 3.63) is 60.2 Å². The van der Waals surface area contributed by atoms with Crippen LogP contribution in [-0.2, 0) is 11.2 Å². The van der Waals surface area contributed by atoms with Crippen molar-refractivity contribution in [3.63, 3.8) is 0 Å². The van der Waals surface area contributed by atoms with Gasteiger partial charge in [0.1, 0.15) is 11.6 Å². The fourth-order valence-electron chi connectivity index (χ4n) is 1.50. The second-order valence-corrected chi connectivity index (χ2v) is 4.81. The molecule has 0 radical (unpaired) electrons. The summed E-state index contributed by atoms with van der Waals surface area (Å²) in [6, 6.07) is 10.1. The lowest BCUT2D eigenvalue weighted by Crippen LogP contribution is -2.05. The van der Waals surface area contributed by atoms with Gasteiger partial charge in [0.05, 0.1) is 5.75 Å². The molecule has 0 N–H and O–H groups in total. The summed E-state index contributed by atoms with van der Waals surface area (Å²) in [6.07, 6.45) is 3.68. The predicted molar refractivity (Wildman–Crippen MR) is 70.1 cm³/mol. The summed E-state index contributed by atoms with van der Waals surface area (Å²) in [5.74, 6) is 0.0807. The molecule has 0 aliphatic carbocycles. The molecule has 0 saturated carbocycles. The maximum atomic E-state index is 13.3. The zero-order valence-corrected chi connectivity index (χ0v) is 10.5. The summed E-state index contributed by atoms with van der Waals surface area (Å²) in [5.41, 5.74) is 0.934. The van der Waals surface area contributed by atoms with Crippen molar-refractivity contribution in [3.8, 4) is 0 Å². The standard InChI is InChI=1S/C14H12FNOS/c15-13-3-1-2-4-14(13)18-10-12(17)9-11-5-7-16-8-6-11/h1-8H,9-10H2. The molecule has 1 aromatic heterocycles. The van der Waals surface area contributed by atoms with Crippen LogP contribution in [0.1, 0.15) is 5.56 Å². The molecule has 0 aliphatic heterocycles. The van der Waals surface area contributed by atoms with E-state index in [1.807, 2.05) is 12.1 Å². The molecule has 2 aromatic rings. The number of carbonyl (C=O) groups excluding carboxylic acids is 1. The van der Waals surface area contributed by atoms with Gasteiger partial charge < -0.3 is 0 Å². The lowest BCUT2D eigenvalue weighted by atomic mass is 10.1. The highest BCUT2D eigenvalue weighted by atomic mass is 32.2. The predicted octanol–water partition coefficient (Wildman–Crippen LogP) is 3.12. The van der Waals surface area contributed by atoms with Gasteiger partial charge in [0.25, 0.3) is 0 Å². The van der Waals surface area contributed by atoms with Gasteiger partial charge >= 0.3 is 0 Å². The number of ketones is 1. The average molecular weight is 261 g/mol. The Kier molecular flexibility index (Phi) is 4.47. The molecule has 2 rings (SSSR count). The third-order valence-electron chi connectivity index (χ3n) is 2.38. The van der Waals surface area contributed by atoms with Crippen LogP contribution in [0.5, 0.6) is 0 Å². The van der Waals surface area contributed by atoms with E-state index in [2.05, 4.69) is 4.98 Å². The summed E-state index contributed by atoms with van der Waals surface area (Å²) in [7, 11) is 0. The van der Waals surface area contributed by atoms with E-state index in [1.165, 1.54) is 17.8 Å². The number of rotatable bonds is 5. The van der Waals surface area contributed by atoms with Gasteiger partial charge in [-0.1, -0.05) is 12.1 Å². The van der Waals surface area contributed by atoms with E-state index in [0.717, 1.165) is 5.56 Å². The number of hydrogen-bond acceptors (Lipinski definition) is 3. The van der Waals surface area contributed by atoms with Crippen LogP contribution in [0.4, 0.5) is 4.39 Å². The van der Waals surface area contributed by atoms with Gasteiger partial charge in [0.2, 0.25) is 0 Å². The molecule has 0 spiro atoms. The molecule has 0 saturated heterocycles. The Hall–Kier alpha value is -1.68. The highest BCUT2D eigenvalue weighted by Gasteiger charge is 2.07. The van der Waals surface area contributed by atoms with E-state index in [1.54, 1.807) is 30.6 Å². The summed E-state index contributed by atoms with van der Waals surface area (Å²) >= 11 is 1.23. The van der Waals surface area contributed by atoms with Crippen molar-refractivity contribution in [1.29, 1.82) is 0 Å². The molecule has 92 valence electrons. The summed E-state index contributed by atoms with van der Waals surface area (Å²) in [5, 5.41) is 0. The van der Waals surface area contributed by atoms with Crippen LogP contribution >= 0.6 is 11.8 Å². The van der Waals surface area contributed by atoms with E-state index >= 15 is 0 Å². The van der Waals surface area contributed by atoms with Crippen LogP contribution in [0, 0.1) is 5.82 Å². The molecular formula is C14H12FNOS. The third-order valence-corrected chi connectivity index (χ3v) is 3.48. The van der Waals surface area contributed by atoms with Crippen molar-refractivity contribution in [2.24, 2.45) is 0 Å². The van der Waals surface area contributed by atoms with E-state index in [0.29, 0.717) is 11.3 Å². The van der Waals surface area contributed by atoms with Crippen molar-refractivity contribution >= 4 is 17.5 Å². The van der Waals surface area contributed by atoms with Crippen LogP contribution in [0.25, 0.3) is 0 Å². The zero-order valence-electron chi connectivity index (χ0n) is 9.67. The Morgan fingerprint density at radius 2 is 1.89 bits per heavy atom. The van der Waals surface area contributed by atoms with Crippen LogP contribution in [-0.4, -0.2) is 16.5 Å². The Morgan fingerprint density at radius 3 is 2.61 bits per heavy atom. The van der Waals surface area contributed by atoms with E-state index in [-0.39, 0.29) is 17.4 Å². The minimum absolute atomic E-state index is 0.0782. The number of Topliss-reactive ketones (excluding diaryl/α,β-unsaturated/α-hetero) is 1. The van der Waals surface area contributed by atoms with E-state index in [4.69, 9.17) is 0 Å². The number of halogens is 1. The van der Waals surface area contributed by atoms with Gasteiger partial charge in [0, 0.05) is 23.7 Å². The Bertz CT molecular complexity index is 530. The molecule has 18 heavy (non-hydrogen) atoms. The maximum absolute atomic E-state index is 13.3. The Balaban J connectivity index is 1.88. The topological polar surface area (TPSA) is 30.0 Å². The minimum Gasteiger partial charge on any atom is -0.298 e. The van der Waals surface area contributed by atoms with Crippen molar-refractivity contribution < 1.29 is 9.18 Å². The summed E-state index contributed by atoms with van der Waals surface area (Å²) in [6.45, 7) is 0. The monoisotopic (exact) mass is 261 g/mol. The van der Waals surface area contributed by atoms with Crippen LogP contribution < -0.4 is 0 Å². The number of thioether (sulfide) groups is 1. The fraction of sp³-hybridized carbons (Fsp3) is 0.143. The first-order valence-corrected chi connectivity index (χ1v) is 6.52. The molecule has 0 amide bonds. The van der Waals surface area contributed by atoms with Gasteiger partial charge in [-0.3, -0.25) is 9.78 Å². The third kappa shape index (κ3) is 3.67. The zero-order chi connectivity index (χ0) is 12.8. The summed E-state index contributed by atoms with van der Waals surface area (Å²) in [4.78, 5) is 16.1. The molecular weight excluding hydrogens is 249 g/mol. The molecule has 1 heterocycles. The van der Waals surface area contributed by atoms with Gasteiger partial charge in [0.15, 0.2) is 0 Å². The highest BCUT2D eigenvalue weighted by Crippen LogP contribution is 2.21. The highest BCUT2D eigenvalue weighted by molar-refractivity contribution is 8.00. The molecule has 4 heteroatoms. The molecule has 0 fully saturated rings. The van der Waals surface area contributed by atoms with Crippen molar-refractivity contribution in [1.82, 2.24) is 4.98 Å². The molecule has 2 nitrogen and oxygen atoms in total. The molecule has 0 unspecified atom stereocenters. The quantitative estimate of drug-likeness (QED) is 0.775. The molecule has 0 atom stereocenters. The normalized spacial score (nSPS) is 10.3. The van der Waals surface area contributed by atoms with Gasteiger partial charge in [-0.15, -0.1) is 11.8 Å². The average Bonchev–Trinajstić information content (AvgIpc) is 2.39. The summed E-state index contributed by atoms with van der Waals surface area (Å²) < 4.78 is 13.3. The van der Waals surface area contributed by atoms with Crippen LogP contribution in [0.3, 0.4) is 0 Å². The number of nitrogens with zero attached hydrogens (tertiary/aromatic N) is 1. The van der Waals surface area contributed by atoms with Gasteiger partial charge in [-0.2, -0.15) is 0 Å². The minimum atomic E-state index is -0.279. The van der Waals surface area contributed by atoms with Gasteiger partial charge in [-0.05, 0) is 29.8 Å². The first-order chi connectivity index (χ1) is 8.75. The number of carbonyl (C=O) groups is 1. The largest absolute Gasteiger partial charge is 0.298 e. The van der Waals surface area contributed by atoms with Crippen LogP contribution in [0.15, 0.2) is 53.7 Å². The van der Waals surface area contributed by atoms with E-state index in [9.17, 15) is 9.18 Å². The Morgan fingerprint density at radius 1 is 1.17 bits per heavy atom. The maximum Gasteiger partial charge on any atom is 0.147 e. The lowest BCUT2D eigenvalue weighted by molar-refractivity contribution is -0.116. The number of aromatic nitrogens is 1. The first kappa shape index (κ1) is 12.8. The number of pyridine rings is 1. The van der Waals surface area contributed by atoms with Gasteiger partial charge in [-0.25, -0.2) is 4.39 Å². The molecule has 0 aliphatic rings. The van der Waals surface area contributed by atoms with Crippen molar-refractivity contribution in [2.75, 3.05) is 5.75 Å². The lowest BCUT2D eigenvalue weighted by Gasteiger charge is -2.02. The SMILES string of the molecule is O=C(CSc1ccccc1F)Cc1ccncc1. The van der Waals surface area contributed by atoms with Crippen LogP contribution in [0.2, 0.25) is 0 Å². The number of benzene rings is 1. The second-order valence-electron chi connectivity index (χ2n) is 3.79. The second kappa shape index (κ2) is 6.31. The smallest absolute Gasteiger partial charge is 0.147 e. The first-order valence-electron chi connectivity index (χ1n) is 5.53. The van der Waals surface area contributed by atoms with E-state index < -0.39 is 0 Å². The number of hydrogen-bond donors (Lipinski definition) is 0. The van der Waals surface area contributed by atoms with Crippen molar-refractivity contribution in [2.45, 2.75) is 11.3 Å². The molecule has 1 aromatic carbocycles. The fourth-order valence-corrected chi connectivity index (χ4v) is 2.30. The Labute approximate surface area is 109 Å². The molecule has 0 bridgehead atoms.